The predicted octanol–water partition coefficient (Wildman–Crippen LogP) is 3.24. The number of aryl methyl sites for hydroxylation is 1. The van der Waals surface area contributed by atoms with E-state index in [0.717, 1.165) is 11.1 Å². The lowest BCUT2D eigenvalue weighted by Crippen LogP contribution is -2.30. The van der Waals surface area contributed by atoms with E-state index in [1.54, 1.807) is 25.3 Å². The number of nitrogens with zero attached hydrogens (tertiary/aromatic N) is 1. The molecule has 0 spiro atoms. The molecular weight excluding hydrogens is 386 g/mol. The van der Waals surface area contributed by atoms with Crippen LogP contribution < -0.4 is 14.2 Å². The van der Waals surface area contributed by atoms with Crippen LogP contribution in [-0.4, -0.2) is 51.8 Å². The van der Waals surface area contributed by atoms with Gasteiger partial charge in [0.25, 0.3) is 5.91 Å². The van der Waals surface area contributed by atoms with Gasteiger partial charge in [0.05, 0.1) is 21.3 Å². The molecule has 0 saturated carbocycles. The SMILES string of the molecule is COc1cc(/C=C/C(=O)OCC(=O)N(C)Cc2ccccc2C)cc(OC)c1OC. The van der Waals surface area contributed by atoms with E-state index in [-0.39, 0.29) is 12.5 Å². The van der Waals surface area contributed by atoms with Crippen molar-refractivity contribution in [2.45, 2.75) is 13.5 Å². The third-order valence-electron chi connectivity index (χ3n) is 4.53. The van der Waals surface area contributed by atoms with Gasteiger partial charge in [0.15, 0.2) is 18.1 Å². The molecule has 2 aromatic carbocycles. The maximum absolute atomic E-state index is 12.3. The van der Waals surface area contributed by atoms with Gasteiger partial charge in [-0.2, -0.15) is 0 Å². The summed E-state index contributed by atoms with van der Waals surface area (Å²) in [6.07, 6.45) is 2.80. The molecule has 0 fully saturated rings. The minimum Gasteiger partial charge on any atom is -0.493 e. The number of carbonyl (C=O) groups is 2. The van der Waals surface area contributed by atoms with Gasteiger partial charge in [-0.15, -0.1) is 0 Å². The van der Waals surface area contributed by atoms with E-state index >= 15 is 0 Å². The molecule has 0 heterocycles. The van der Waals surface area contributed by atoms with Crippen LogP contribution in [0.4, 0.5) is 0 Å². The summed E-state index contributed by atoms with van der Waals surface area (Å²) in [5, 5.41) is 0. The number of benzene rings is 2. The van der Waals surface area contributed by atoms with E-state index in [2.05, 4.69) is 0 Å². The molecule has 2 rings (SSSR count). The third-order valence-corrected chi connectivity index (χ3v) is 4.53. The van der Waals surface area contributed by atoms with Gasteiger partial charge < -0.3 is 23.8 Å². The fourth-order valence-corrected chi connectivity index (χ4v) is 2.78. The van der Waals surface area contributed by atoms with E-state index in [1.165, 1.54) is 32.3 Å². The molecule has 1 amide bonds. The molecule has 0 aliphatic carbocycles. The van der Waals surface area contributed by atoms with Crippen LogP contribution >= 0.6 is 0 Å². The number of hydrogen-bond donors (Lipinski definition) is 0. The van der Waals surface area contributed by atoms with Gasteiger partial charge in [-0.25, -0.2) is 4.79 Å². The Morgan fingerprint density at radius 2 is 1.63 bits per heavy atom. The van der Waals surface area contributed by atoms with E-state index in [0.29, 0.717) is 29.4 Å². The average molecular weight is 413 g/mol. The zero-order chi connectivity index (χ0) is 22.1. The third kappa shape index (κ3) is 6.01. The second-order valence-corrected chi connectivity index (χ2v) is 6.58. The molecule has 160 valence electrons. The van der Waals surface area contributed by atoms with Crippen LogP contribution in [-0.2, 0) is 20.9 Å². The summed E-state index contributed by atoms with van der Waals surface area (Å²) in [6, 6.07) is 11.2. The number of hydrogen-bond acceptors (Lipinski definition) is 6. The largest absolute Gasteiger partial charge is 0.493 e. The molecule has 0 radical (unpaired) electrons. The summed E-state index contributed by atoms with van der Waals surface area (Å²) >= 11 is 0. The number of methoxy groups -OCH3 is 3. The monoisotopic (exact) mass is 413 g/mol. The lowest BCUT2D eigenvalue weighted by atomic mass is 10.1. The summed E-state index contributed by atoms with van der Waals surface area (Å²) < 4.78 is 20.9. The smallest absolute Gasteiger partial charge is 0.331 e. The second kappa shape index (κ2) is 10.9. The van der Waals surface area contributed by atoms with Crippen LogP contribution in [0.2, 0.25) is 0 Å². The highest BCUT2D eigenvalue weighted by Crippen LogP contribution is 2.38. The Balaban J connectivity index is 1.94. The van der Waals surface area contributed by atoms with E-state index < -0.39 is 5.97 Å². The van der Waals surface area contributed by atoms with E-state index in [4.69, 9.17) is 18.9 Å². The van der Waals surface area contributed by atoms with Gasteiger partial charge in [0, 0.05) is 19.7 Å². The quantitative estimate of drug-likeness (QED) is 0.464. The summed E-state index contributed by atoms with van der Waals surface area (Å²) in [7, 11) is 6.21. The van der Waals surface area contributed by atoms with Gasteiger partial charge in [-0.1, -0.05) is 24.3 Å². The van der Waals surface area contributed by atoms with Crippen LogP contribution in [0.25, 0.3) is 6.08 Å². The minimum atomic E-state index is -0.624. The molecule has 0 N–H and O–H groups in total. The number of likely N-dealkylation sites (N-methyl/N-ethyl adjacent to an activating group) is 1. The molecule has 0 bridgehead atoms. The Morgan fingerprint density at radius 3 is 2.20 bits per heavy atom. The summed E-state index contributed by atoms with van der Waals surface area (Å²) in [5.41, 5.74) is 2.80. The number of rotatable bonds is 9. The van der Waals surface area contributed by atoms with Crippen molar-refractivity contribution in [2.75, 3.05) is 35.0 Å². The van der Waals surface area contributed by atoms with Crippen molar-refractivity contribution in [2.24, 2.45) is 0 Å². The minimum absolute atomic E-state index is 0.284. The van der Waals surface area contributed by atoms with Crippen LogP contribution in [0.1, 0.15) is 16.7 Å². The lowest BCUT2D eigenvalue weighted by molar-refractivity contribution is -0.147. The van der Waals surface area contributed by atoms with E-state index in [9.17, 15) is 9.59 Å². The summed E-state index contributed by atoms with van der Waals surface area (Å²) in [6.45, 7) is 2.10. The molecule has 0 aliphatic rings. The molecule has 0 aliphatic heterocycles. The number of carbonyl (C=O) groups excluding carboxylic acids is 2. The van der Waals surface area contributed by atoms with Gasteiger partial charge in [-0.3, -0.25) is 4.79 Å². The standard InChI is InChI=1S/C23H27NO6/c1-16-8-6-7-9-18(16)14-24(2)21(25)15-30-22(26)11-10-17-12-19(27-3)23(29-5)20(13-17)28-4/h6-13H,14-15H2,1-5H3/b11-10+. The first-order valence-electron chi connectivity index (χ1n) is 9.33. The zero-order valence-electron chi connectivity index (χ0n) is 17.9. The van der Waals surface area contributed by atoms with Crippen LogP contribution in [0.3, 0.4) is 0 Å². The number of amides is 1. The first-order chi connectivity index (χ1) is 14.4. The molecule has 0 aromatic heterocycles. The second-order valence-electron chi connectivity index (χ2n) is 6.58. The van der Waals surface area contributed by atoms with E-state index in [1.807, 2.05) is 31.2 Å². The van der Waals surface area contributed by atoms with Gasteiger partial charge >= 0.3 is 5.97 Å². The molecule has 30 heavy (non-hydrogen) atoms. The molecule has 0 atom stereocenters. The van der Waals surface area contributed by atoms with Gasteiger partial charge in [-0.05, 0) is 41.8 Å². The molecule has 7 nitrogen and oxygen atoms in total. The van der Waals surface area contributed by atoms with Crippen molar-refractivity contribution < 1.29 is 28.5 Å². The van der Waals surface area contributed by atoms with Crippen LogP contribution in [0.15, 0.2) is 42.5 Å². The Kier molecular flexibility index (Phi) is 8.29. The Bertz CT molecular complexity index is 897. The van der Waals surface area contributed by atoms with Crippen molar-refractivity contribution in [3.05, 3.63) is 59.2 Å². The number of ether oxygens (including phenoxy) is 4. The van der Waals surface area contributed by atoms with Crippen molar-refractivity contribution in [3.8, 4) is 17.2 Å². The van der Waals surface area contributed by atoms with Gasteiger partial charge in [0.1, 0.15) is 0 Å². The molecule has 7 heteroatoms. The van der Waals surface area contributed by atoms with Crippen LogP contribution in [0.5, 0.6) is 17.2 Å². The summed E-state index contributed by atoms with van der Waals surface area (Å²) in [4.78, 5) is 25.8. The average Bonchev–Trinajstić information content (AvgIpc) is 2.76. The topological polar surface area (TPSA) is 74.3 Å². The molecule has 0 unspecified atom stereocenters. The molecule has 0 saturated heterocycles. The fourth-order valence-electron chi connectivity index (χ4n) is 2.78. The fraction of sp³-hybridized carbons (Fsp3) is 0.304. The Morgan fingerprint density at radius 1 is 1.00 bits per heavy atom. The predicted molar refractivity (Wildman–Crippen MR) is 114 cm³/mol. The van der Waals surface area contributed by atoms with Crippen molar-refractivity contribution >= 4 is 18.0 Å². The maximum Gasteiger partial charge on any atom is 0.331 e. The highest BCUT2D eigenvalue weighted by atomic mass is 16.5. The molecule has 2 aromatic rings. The van der Waals surface area contributed by atoms with Crippen molar-refractivity contribution in [3.63, 3.8) is 0 Å². The first kappa shape index (κ1) is 22.8. The maximum atomic E-state index is 12.3. The highest BCUT2D eigenvalue weighted by Gasteiger charge is 2.14. The van der Waals surface area contributed by atoms with Crippen molar-refractivity contribution in [1.82, 2.24) is 4.90 Å². The Hall–Kier alpha value is -3.48. The van der Waals surface area contributed by atoms with Crippen LogP contribution in [0, 0.1) is 6.92 Å². The highest BCUT2D eigenvalue weighted by molar-refractivity contribution is 5.89. The van der Waals surface area contributed by atoms with Crippen molar-refractivity contribution in [1.29, 1.82) is 0 Å². The summed E-state index contributed by atoms with van der Waals surface area (Å²) in [5.74, 6) is 0.493. The Labute approximate surface area is 176 Å². The first-order valence-corrected chi connectivity index (χ1v) is 9.33. The lowest BCUT2D eigenvalue weighted by Gasteiger charge is -2.18. The van der Waals surface area contributed by atoms with Gasteiger partial charge in [0.2, 0.25) is 5.75 Å². The number of esters is 1. The zero-order valence-corrected chi connectivity index (χ0v) is 17.9. The molecular formula is C23H27NO6. The normalized spacial score (nSPS) is 10.6.